The number of benzene rings is 2. The number of carbonyl (C=O) groups excluding carboxylic acids is 1. The molecule has 2 aliphatic heterocycles. The number of amides is 1. The van der Waals surface area contributed by atoms with Crippen LogP contribution < -0.4 is 24.6 Å². The average Bonchev–Trinajstić information content (AvgIpc) is 3.13. The summed E-state index contributed by atoms with van der Waals surface area (Å²) < 4.78 is 10.8. The molecular formula is C20H24ClN3O3+2. The van der Waals surface area contributed by atoms with Crippen molar-refractivity contribution >= 4 is 23.2 Å². The zero-order chi connectivity index (χ0) is 18.6. The number of quaternary nitrogens is 2. The fraction of sp³-hybridized carbons (Fsp3) is 0.350. The summed E-state index contributed by atoms with van der Waals surface area (Å²) in [7, 11) is 0. The average molecular weight is 390 g/mol. The molecule has 2 aliphatic rings. The first-order valence-electron chi connectivity index (χ1n) is 9.27. The number of fused-ring (bicyclic) bond motifs is 1. The van der Waals surface area contributed by atoms with Gasteiger partial charge in [0, 0.05) is 16.3 Å². The lowest BCUT2D eigenvalue weighted by Gasteiger charge is -2.29. The van der Waals surface area contributed by atoms with E-state index in [1.165, 1.54) is 15.4 Å². The lowest BCUT2D eigenvalue weighted by molar-refractivity contribution is -1.02. The van der Waals surface area contributed by atoms with Crippen molar-refractivity contribution in [3.63, 3.8) is 0 Å². The number of halogens is 1. The lowest BCUT2D eigenvalue weighted by Crippen LogP contribution is -3.28. The van der Waals surface area contributed by atoms with Crippen LogP contribution in [0.15, 0.2) is 42.5 Å². The van der Waals surface area contributed by atoms with Crippen LogP contribution >= 0.6 is 11.6 Å². The monoisotopic (exact) mass is 389 g/mol. The minimum atomic E-state index is 0.0477. The zero-order valence-electron chi connectivity index (χ0n) is 15.1. The molecule has 4 rings (SSSR count). The number of carbonyl (C=O) groups is 1. The second-order valence-electron chi connectivity index (χ2n) is 7.10. The Bertz CT molecular complexity index is 805. The SMILES string of the molecule is O=C(C[NH+]1CC[NH+](Cc2ccc3c(c2)OCO3)CC1)Nc1ccc(Cl)cc1. The van der Waals surface area contributed by atoms with Crippen molar-refractivity contribution in [2.24, 2.45) is 0 Å². The molecule has 2 heterocycles. The van der Waals surface area contributed by atoms with E-state index in [2.05, 4.69) is 17.4 Å². The van der Waals surface area contributed by atoms with Gasteiger partial charge in [0.1, 0.15) is 32.7 Å². The van der Waals surface area contributed by atoms with Gasteiger partial charge in [0.05, 0.1) is 0 Å². The molecular weight excluding hydrogens is 366 g/mol. The molecule has 2 aromatic carbocycles. The summed E-state index contributed by atoms with van der Waals surface area (Å²) in [6.45, 7) is 5.88. The first kappa shape index (κ1) is 18.1. The molecule has 0 atom stereocenters. The van der Waals surface area contributed by atoms with Crippen molar-refractivity contribution in [2.45, 2.75) is 6.54 Å². The third kappa shape index (κ3) is 4.71. The van der Waals surface area contributed by atoms with Gasteiger partial charge in [-0.3, -0.25) is 4.79 Å². The summed E-state index contributed by atoms with van der Waals surface area (Å²) >= 11 is 5.87. The van der Waals surface area contributed by atoms with Gasteiger partial charge >= 0.3 is 0 Å². The Morgan fingerprint density at radius 3 is 2.44 bits per heavy atom. The van der Waals surface area contributed by atoms with Gasteiger partial charge in [-0.25, -0.2) is 0 Å². The molecule has 0 bridgehead atoms. The third-order valence-electron chi connectivity index (χ3n) is 5.09. The Labute approximate surface area is 163 Å². The molecule has 0 spiro atoms. The van der Waals surface area contributed by atoms with Crippen LogP contribution in [0.1, 0.15) is 5.56 Å². The number of rotatable bonds is 5. The van der Waals surface area contributed by atoms with Gasteiger partial charge in [-0.1, -0.05) is 11.6 Å². The smallest absolute Gasteiger partial charge is 0.279 e. The van der Waals surface area contributed by atoms with E-state index in [1.54, 1.807) is 12.1 Å². The quantitative estimate of drug-likeness (QED) is 0.674. The second-order valence-corrected chi connectivity index (χ2v) is 7.53. The summed E-state index contributed by atoms with van der Waals surface area (Å²) in [5.74, 6) is 1.72. The molecule has 0 aromatic heterocycles. The number of anilines is 1. The predicted molar refractivity (Wildman–Crippen MR) is 103 cm³/mol. The minimum Gasteiger partial charge on any atom is -0.454 e. The molecule has 0 aliphatic carbocycles. The number of piperazine rings is 1. The highest BCUT2D eigenvalue weighted by atomic mass is 35.5. The van der Waals surface area contributed by atoms with Crippen LogP contribution in [0, 0.1) is 0 Å². The van der Waals surface area contributed by atoms with Crippen molar-refractivity contribution in [1.29, 1.82) is 0 Å². The largest absolute Gasteiger partial charge is 0.454 e. The number of hydrogen-bond donors (Lipinski definition) is 3. The van der Waals surface area contributed by atoms with E-state index in [-0.39, 0.29) is 5.91 Å². The van der Waals surface area contributed by atoms with Gasteiger partial charge in [-0.05, 0) is 42.5 Å². The van der Waals surface area contributed by atoms with Gasteiger partial charge in [0.2, 0.25) is 6.79 Å². The van der Waals surface area contributed by atoms with E-state index < -0.39 is 0 Å². The molecule has 6 nitrogen and oxygen atoms in total. The Balaban J connectivity index is 1.23. The number of ether oxygens (including phenoxy) is 2. The molecule has 0 unspecified atom stereocenters. The van der Waals surface area contributed by atoms with Crippen molar-refractivity contribution in [2.75, 3.05) is 44.8 Å². The molecule has 7 heteroatoms. The topological polar surface area (TPSA) is 56.4 Å². The van der Waals surface area contributed by atoms with E-state index in [4.69, 9.17) is 21.1 Å². The van der Waals surface area contributed by atoms with Crippen LogP contribution in [-0.4, -0.2) is 45.4 Å². The molecule has 3 N–H and O–H groups in total. The van der Waals surface area contributed by atoms with Crippen LogP contribution in [0.4, 0.5) is 5.69 Å². The zero-order valence-corrected chi connectivity index (χ0v) is 15.8. The first-order valence-corrected chi connectivity index (χ1v) is 9.64. The Kier molecular flexibility index (Phi) is 5.48. The van der Waals surface area contributed by atoms with Crippen LogP contribution in [0.3, 0.4) is 0 Å². The van der Waals surface area contributed by atoms with Crippen molar-refractivity contribution < 1.29 is 24.1 Å². The highest BCUT2D eigenvalue weighted by Crippen LogP contribution is 2.32. The molecule has 2 aromatic rings. The van der Waals surface area contributed by atoms with E-state index in [1.807, 2.05) is 18.2 Å². The summed E-state index contributed by atoms with van der Waals surface area (Å²) in [6.07, 6.45) is 0. The maximum atomic E-state index is 12.2. The van der Waals surface area contributed by atoms with Crippen LogP contribution in [0.5, 0.6) is 11.5 Å². The van der Waals surface area contributed by atoms with E-state index in [0.717, 1.165) is 49.9 Å². The molecule has 142 valence electrons. The molecule has 1 saturated heterocycles. The Morgan fingerprint density at radius 2 is 1.67 bits per heavy atom. The summed E-state index contributed by atoms with van der Waals surface area (Å²) in [6, 6.07) is 13.4. The maximum absolute atomic E-state index is 12.2. The van der Waals surface area contributed by atoms with Crippen molar-refractivity contribution in [1.82, 2.24) is 0 Å². The highest BCUT2D eigenvalue weighted by Gasteiger charge is 2.25. The molecule has 1 amide bonds. The molecule has 0 saturated carbocycles. The Hall–Kier alpha value is -2.28. The molecule has 0 radical (unpaired) electrons. The number of hydrogen-bond acceptors (Lipinski definition) is 3. The lowest BCUT2D eigenvalue weighted by atomic mass is 10.1. The van der Waals surface area contributed by atoms with Gasteiger partial charge in [0.15, 0.2) is 18.0 Å². The summed E-state index contributed by atoms with van der Waals surface area (Å²) in [4.78, 5) is 15.1. The third-order valence-corrected chi connectivity index (χ3v) is 5.35. The van der Waals surface area contributed by atoms with Crippen molar-refractivity contribution in [3.05, 3.63) is 53.1 Å². The van der Waals surface area contributed by atoms with E-state index >= 15 is 0 Å². The maximum Gasteiger partial charge on any atom is 0.279 e. The number of nitrogens with one attached hydrogen (secondary N) is 3. The van der Waals surface area contributed by atoms with E-state index in [0.29, 0.717) is 18.4 Å². The Morgan fingerprint density at radius 1 is 0.963 bits per heavy atom. The minimum absolute atomic E-state index is 0.0477. The van der Waals surface area contributed by atoms with Gasteiger partial charge in [-0.15, -0.1) is 0 Å². The molecule has 27 heavy (non-hydrogen) atoms. The second kappa shape index (κ2) is 8.17. The van der Waals surface area contributed by atoms with E-state index in [9.17, 15) is 4.79 Å². The van der Waals surface area contributed by atoms with Gasteiger partial charge in [-0.2, -0.15) is 0 Å². The highest BCUT2D eigenvalue weighted by molar-refractivity contribution is 6.30. The summed E-state index contributed by atoms with van der Waals surface area (Å²) in [5.41, 5.74) is 2.05. The normalized spacial score (nSPS) is 21.1. The predicted octanol–water partition coefficient (Wildman–Crippen LogP) is -0.00920. The fourth-order valence-corrected chi connectivity index (χ4v) is 3.74. The van der Waals surface area contributed by atoms with Crippen LogP contribution in [0.25, 0.3) is 0 Å². The van der Waals surface area contributed by atoms with Crippen LogP contribution in [-0.2, 0) is 11.3 Å². The molecule has 1 fully saturated rings. The fourth-order valence-electron chi connectivity index (χ4n) is 3.62. The van der Waals surface area contributed by atoms with Gasteiger partial charge < -0.3 is 24.6 Å². The van der Waals surface area contributed by atoms with Gasteiger partial charge in [0.25, 0.3) is 5.91 Å². The van der Waals surface area contributed by atoms with Crippen LogP contribution in [0.2, 0.25) is 5.02 Å². The first-order chi connectivity index (χ1) is 13.2. The summed E-state index contributed by atoms with van der Waals surface area (Å²) in [5, 5.41) is 3.61. The van der Waals surface area contributed by atoms with Crippen molar-refractivity contribution in [3.8, 4) is 11.5 Å². The standard InChI is InChI=1S/C20H22ClN3O3/c21-16-2-4-17(5-3-16)22-20(25)13-24-9-7-23(8-10-24)12-15-1-6-18-19(11-15)27-14-26-18/h1-6,11H,7-10,12-14H2,(H,22,25)/p+2.